The van der Waals surface area contributed by atoms with Crippen LogP contribution in [0.25, 0.3) is 0 Å². The number of nitrogens with zero attached hydrogens (tertiary/aromatic N) is 1. The SMILES string of the molecule is O=C(O)CCCC1CNCN1S(=O)(=O)Cc1ccccc1. The molecule has 1 aliphatic rings. The van der Waals surface area contributed by atoms with Gasteiger partial charge < -0.3 is 10.4 Å². The van der Waals surface area contributed by atoms with E-state index >= 15 is 0 Å². The summed E-state index contributed by atoms with van der Waals surface area (Å²) in [5, 5.41) is 11.7. The highest BCUT2D eigenvalue weighted by molar-refractivity contribution is 7.88. The lowest BCUT2D eigenvalue weighted by Gasteiger charge is -2.22. The molecule has 6 nitrogen and oxygen atoms in total. The normalized spacial score (nSPS) is 19.7. The van der Waals surface area contributed by atoms with Crippen LogP contribution in [0.4, 0.5) is 0 Å². The van der Waals surface area contributed by atoms with Crippen LogP contribution < -0.4 is 5.32 Å². The minimum atomic E-state index is -3.39. The van der Waals surface area contributed by atoms with Crippen molar-refractivity contribution in [1.29, 1.82) is 0 Å². The molecule has 2 N–H and O–H groups in total. The van der Waals surface area contributed by atoms with Crippen molar-refractivity contribution in [2.75, 3.05) is 13.2 Å². The number of carbonyl (C=O) groups is 1. The van der Waals surface area contributed by atoms with Crippen molar-refractivity contribution in [3.63, 3.8) is 0 Å². The Morgan fingerprint density at radius 2 is 2.05 bits per heavy atom. The monoisotopic (exact) mass is 312 g/mol. The van der Waals surface area contributed by atoms with Crippen LogP contribution in [0.2, 0.25) is 0 Å². The fraction of sp³-hybridized carbons (Fsp3) is 0.500. The second-order valence-corrected chi connectivity index (χ2v) is 7.10. The number of benzene rings is 1. The van der Waals surface area contributed by atoms with E-state index in [-0.39, 0.29) is 18.2 Å². The number of rotatable bonds is 7. The fourth-order valence-corrected chi connectivity index (χ4v) is 4.20. The van der Waals surface area contributed by atoms with E-state index in [0.717, 1.165) is 5.56 Å². The van der Waals surface area contributed by atoms with Gasteiger partial charge in [-0.05, 0) is 18.4 Å². The maximum absolute atomic E-state index is 12.5. The Morgan fingerprint density at radius 1 is 1.33 bits per heavy atom. The number of nitrogens with one attached hydrogen (secondary N) is 1. The molecule has 0 radical (unpaired) electrons. The zero-order valence-corrected chi connectivity index (χ0v) is 12.6. The maximum atomic E-state index is 12.5. The molecule has 1 atom stereocenters. The minimum absolute atomic E-state index is 0.0229. The van der Waals surface area contributed by atoms with Crippen molar-refractivity contribution >= 4 is 16.0 Å². The van der Waals surface area contributed by atoms with Crippen LogP contribution in [0.1, 0.15) is 24.8 Å². The molecule has 1 unspecified atom stereocenters. The van der Waals surface area contributed by atoms with Gasteiger partial charge >= 0.3 is 5.97 Å². The Balaban J connectivity index is 1.99. The van der Waals surface area contributed by atoms with Gasteiger partial charge in [-0.1, -0.05) is 30.3 Å². The van der Waals surface area contributed by atoms with Gasteiger partial charge in [0, 0.05) is 19.0 Å². The van der Waals surface area contributed by atoms with Crippen LogP contribution in [0.5, 0.6) is 0 Å². The average molecular weight is 312 g/mol. The summed E-state index contributed by atoms with van der Waals surface area (Å²) in [5.74, 6) is -0.870. The summed E-state index contributed by atoms with van der Waals surface area (Å²) < 4.78 is 26.4. The molecule has 1 aliphatic heterocycles. The van der Waals surface area contributed by atoms with Crippen molar-refractivity contribution in [1.82, 2.24) is 9.62 Å². The first-order valence-corrected chi connectivity index (χ1v) is 8.56. The molecule has 116 valence electrons. The van der Waals surface area contributed by atoms with Gasteiger partial charge in [-0.3, -0.25) is 4.79 Å². The van der Waals surface area contributed by atoms with Gasteiger partial charge in [-0.25, -0.2) is 8.42 Å². The third-order valence-electron chi connectivity index (χ3n) is 3.53. The van der Waals surface area contributed by atoms with E-state index in [4.69, 9.17) is 5.11 Å². The second kappa shape index (κ2) is 7.02. The molecule has 1 aromatic rings. The van der Waals surface area contributed by atoms with Crippen LogP contribution in [-0.2, 0) is 20.6 Å². The lowest BCUT2D eigenvalue weighted by Crippen LogP contribution is -2.37. The number of sulfonamides is 1. The highest BCUT2D eigenvalue weighted by atomic mass is 32.2. The molecular weight excluding hydrogens is 292 g/mol. The molecule has 7 heteroatoms. The summed E-state index contributed by atoms with van der Waals surface area (Å²) in [4.78, 5) is 10.5. The quantitative estimate of drug-likeness (QED) is 0.784. The van der Waals surface area contributed by atoms with Gasteiger partial charge in [0.25, 0.3) is 0 Å². The molecule has 0 amide bonds. The van der Waals surface area contributed by atoms with Gasteiger partial charge in [0.2, 0.25) is 10.0 Å². The Kier molecular flexibility index (Phi) is 5.33. The Bertz CT molecular complexity index is 574. The van der Waals surface area contributed by atoms with Gasteiger partial charge in [-0.15, -0.1) is 0 Å². The number of hydrogen-bond donors (Lipinski definition) is 2. The molecule has 0 aliphatic carbocycles. The maximum Gasteiger partial charge on any atom is 0.303 e. The number of aliphatic carboxylic acids is 1. The van der Waals surface area contributed by atoms with E-state index in [1.165, 1.54) is 4.31 Å². The van der Waals surface area contributed by atoms with E-state index in [9.17, 15) is 13.2 Å². The summed E-state index contributed by atoms with van der Waals surface area (Å²) in [6, 6.07) is 8.91. The molecule has 2 rings (SSSR count). The molecule has 1 heterocycles. The lowest BCUT2D eigenvalue weighted by atomic mass is 10.1. The minimum Gasteiger partial charge on any atom is -0.481 e. The van der Waals surface area contributed by atoms with Crippen LogP contribution in [-0.4, -0.2) is 43.1 Å². The van der Waals surface area contributed by atoms with Gasteiger partial charge in [-0.2, -0.15) is 4.31 Å². The average Bonchev–Trinajstić information content (AvgIpc) is 2.88. The highest BCUT2D eigenvalue weighted by Crippen LogP contribution is 2.19. The first-order chi connectivity index (χ1) is 9.99. The third-order valence-corrected chi connectivity index (χ3v) is 5.37. The Morgan fingerprint density at radius 3 is 2.71 bits per heavy atom. The highest BCUT2D eigenvalue weighted by Gasteiger charge is 2.33. The van der Waals surface area contributed by atoms with Crippen molar-refractivity contribution in [3.05, 3.63) is 35.9 Å². The van der Waals surface area contributed by atoms with Crippen molar-refractivity contribution in [2.24, 2.45) is 0 Å². The summed E-state index contributed by atoms with van der Waals surface area (Å²) in [6.45, 7) is 0.876. The van der Waals surface area contributed by atoms with Crippen molar-refractivity contribution in [3.8, 4) is 0 Å². The van der Waals surface area contributed by atoms with E-state index < -0.39 is 16.0 Å². The predicted molar refractivity (Wildman–Crippen MR) is 79.0 cm³/mol. The summed E-state index contributed by atoms with van der Waals surface area (Å²) in [7, 11) is -3.39. The first kappa shape index (κ1) is 15.9. The largest absolute Gasteiger partial charge is 0.481 e. The molecular formula is C14H20N2O4S. The van der Waals surface area contributed by atoms with Crippen LogP contribution >= 0.6 is 0 Å². The third kappa shape index (κ3) is 4.52. The van der Waals surface area contributed by atoms with Crippen molar-refractivity contribution in [2.45, 2.75) is 31.1 Å². The molecule has 1 saturated heterocycles. The van der Waals surface area contributed by atoms with Crippen molar-refractivity contribution < 1.29 is 18.3 Å². The van der Waals surface area contributed by atoms with Crippen LogP contribution in [0.15, 0.2) is 30.3 Å². The topological polar surface area (TPSA) is 86.7 Å². The first-order valence-electron chi connectivity index (χ1n) is 6.95. The molecule has 0 saturated carbocycles. The molecule has 1 aromatic carbocycles. The van der Waals surface area contributed by atoms with Crippen LogP contribution in [0.3, 0.4) is 0 Å². The summed E-state index contributed by atoms with van der Waals surface area (Å²) in [6.07, 6.45) is 1.12. The van der Waals surface area contributed by atoms with E-state index in [0.29, 0.717) is 26.1 Å². The molecule has 0 aromatic heterocycles. The number of hydrogen-bond acceptors (Lipinski definition) is 4. The zero-order valence-electron chi connectivity index (χ0n) is 11.7. The van der Waals surface area contributed by atoms with Gasteiger partial charge in [0.15, 0.2) is 0 Å². The fourth-order valence-electron chi connectivity index (χ4n) is 2.50. The summed E-state index contributed by atoms with van der Waals surface area (Å²) >= 11 is 0. The number of carboxylic acid groups (broad SMARTS) is 1. The molecule has 0 bridgehead atoms. The standard InChI is InChI=1S/C14H20N2O4S/c17-14(18)8-4-7-13-9-15-11-16(13)21(19,20)10-12-5-2-1-3-6-12/h1-3,5-6,13,15H,4,7-11H2,(H,17,18). The smallest absolute Gasteiger partial charge is 0.303 e. The van der Waals surface area contributed by atoms with Gasteiger partial charge in [0.1, 0.15) is 0 Å². The van der Waals surface area contributed by atoms with E-state index in [1.54, 1.807) is 12.1 Å². The zero-order chi connectivity index (χ0) is 15.3. The Labute approximate surface area is 124 Å². The predicted octanol–water partition coefficient (Wildman–Crippen LogP) is 1.00. The Hall–Kier alpha value is -1.44. The molecule has 21 heavy (non-hydrogen) atoms. The second-order valence-electron chi connectivity index (χ2n) is 5.18. The van der Waals surface area contributed by atoms with Crippen LogP contribution in [0, 0.1) is 0 Å². The molecule has 0 spiro atoms. The number of carboxylic acids is 1. The summed E-state index contributed by atoms with van der Waals surface area (Å²) in [5.41, 5.74) is 0.758. The lowest BCUT2D eigenvalue weighted by molar-refractivity contribution is -0.137. The van der Waals surface area contributed by atoms with E-state index in [2.05, 4.69) is 5.32 Å². The van der Waals surface area contributed by atoms with E-state index in [1.807, 2.05) is 18.2 Å². The van der Waals surface area contributed by atoms with Gasteiger partial charge in [0.05, 0.1) is 12.4 Å². The molecule has 1 fully saturated rings.